The van der Waals surface area contributed by atoms with E-state index < -0.39 is 6.10 Å². The summed E-state index contributed by atoms with van der Waals surface area (Å²) < 4.78 is 0. The van der Waals surface area contributed by atoms with E-state index in [9.17, 15) is 9.90 Å². The summed E-state index contributed by atoms with van der Waals surface area (Å²) in [5.41, 5.74) is 0. The van der Waals surface area contributed by atoms with Crippen LogP contribution in [-0.2, 0) is 4.79 Å². The van der Waals surface area contributed by atoms with Gasteiger partial charge in [0.15, 0.2) is 0 Å². The van der Waals surface area contributed by atoms with E-state index >= 15 is 0 Å². The fraction of sp³-hybridized carbons (Fsp3) is 0.889. The molecular weight excluding hydrogens is 204 g/mol. The van der Waals surface area contributed by atoms with Gasteiger partial charge in [-0.05, 0) is 5.92 Å². The maximum Gasteiger partial charge on any atom is 0.220 e. The summed E-state index contributed by atoms with van der Waals surface area (Å²) in [5, 5.41) is 15.2. The molecule has 1 heterocycles. The van der Waals surface area contributed by atoms with Crippen LogP contribution in [0.2, 0.25) is 0 Å². The second-order valence-electron chi connectivity index (χ2n) is 4.00. The molecule has 1 rings (SSSR count). The molecule has 5 heteroatoms. The van der Waals surface area contributed by atoms with Gasteiger partial charge in [0.25, 0.3) is 0 Å². The van der Waals surface area contributed by atoms with E-state index in [0.717, 1.165) is 0 Å². The molecule has 1 aliphatic rings. The minimum Gasteiger partial charge on any atom is -0.390 e. The SMILES string of the molecule is CC(C)CC(=O)N[C@H]1CNC[C@@H]1O.Cl. The Morgan fingerprint density at radius 3 is 2.64 bits per heavy atom. The molecule has 0 aromatic heterocycles. The number of carbonyl (C=O) groups excluding carboxylic acids is 1. The van der Waals surface area contributed by atoms with Crippen LogP contribution < -0.4 is 10.6 Å². The lowest BCUT2D eigenvalue weighted by atomic mass is 10.1. The largest absolute Gasteiger partial charge is 0.390 e. The molecule has 0 unspecified atom stereocenters. The lowest BCUT2D eigenvalue weighted by Gasteiger charge is -2.16. The van der Waals surface area contributed by atoms with E-state index in [0.29, 0.717) is 25.4 Å². The number of hydrogen-bond donors (Lipinski definition) is 3. The molecule has 0 aromatic rings. The maximum atomic E-state index is 11.3. The quantitative estimate of drug-likeness (QED) is 0.625. The summed E-state index contributed by atoms with van der Waals surface area (Å²) in [5.74, 6) is 0.397. The van der Waals surface area contributed by atoms with Crippen molar-refractivity contribution >= 4 is 18.3 Å². The van der Waals surface area contributed by atoms with Gasteiger partial charge in [-0.3, -0.25) is 4.79 Å². The molecule has 4 nitrogen and oxygen atoms in total. The first-order valence-electron chi connectivity index (χ1n) is 4.77. The van der Waals surface area contributed by atoms with Gasteiger partial charge in [0.1, 0.15) is 0 Å². The normalized spacial score (nSPS) is 26.0. The number of hydrogen-bond acceptors (Lipinski definition) is 3. The summed E-state index contributed by atoms with van der Waals surface area (Å²) in [6.07, 6.45) is 0.0968. The molecule has 1 amide bonds. The van der Waals surface area contributed by atoms with Gasteiger partial charge < -0.3 is 15.7 Å². The number of amides is 1. The van der Waals surface area contributed by atoms with Gasteiger partial charge in [-0.15, -0.1) is 12.4 Å². The predicted molar refractivity (Wildman–Crippen MR) is 57.5 cm³/mol. The highest BCUT2D eigenvalue weighted by atomic mass is 35.5. The van der Waals surface area contributed by atoms with Crippen molar-refractivity contribution in [2.24, 2.45) is 5.92 Å². The predicted octanol–water partition coefficient (Wildman–Crippen LogP) is -0.0968. The number of aliphatic hydroxyl groups is 1. The third-order valence-electron chi connectivity index (χ3n) is 2.12. The zero-order chi connectivity index (χ0) is 9.84. The van der Waals surface area contributed by atoms with Crippen molar-refractivity contribution in [3.8, 4) is 0 Å². The molecule has 84 valence electrons. The Labute approximate surface area is 90.9 Å². The molecule has 0 saturated carbocycles. The van der Waals surface area contributed by atoms with E-state index in [-0.39, 0.29) is 24.4 Å². The van der Waals surface area contributed by atoms with E-state index in [1.54, 1.807) is 0 Å². The molecule has 14 heavy (non-hydrogen) atoms. The van der Waals surface area contributed by atoms with E-state index in [1.165, 1.54) is 0 Å². The Balaban J connectivity index is 0.00000169. The standard InChI is InChI=1S/C9H18N2O2.ClH/c1-6(2)3-9(13)11-7-4-10-5-8(7)12;/h6-8,10,12H,3-5H2,1-2H3,(H,11,13);1H/t7-,8-;/m0./s1. The summed E-state index contributed by atoms with van der Waals surface area (Å²) in [6, 6.07) is -0.105. The van der Waals surface area contributed by atoms with Gasteiger partial charge in [0.05, 0.1) is 12.1 Å². The lowest BCUT2D eigenvalue weighted by Crippen LogP contribution is -2.43. The molecule has 2 atom stereocenters. The van der Waals surface area contributed by atoms with Crippen LogP contribution in [0.1, 0.15) is 20.3 Å². The van der Waals surface area contributed by atoms with Crippen molar-refractivity contribution in [3.63, 3.8) is 0 Å². The number of nitrogens with one attached hydrogen (secondary N) is 2. The number of aliphatic hydroxyl groups excluding tert-OH is 1. The van der Waals surface area contributed by atoms with Crippen LogP contribution in [-0.4, -0.2) is 36.2 Å². The molecule has 0 aromatic carbocycles. The third-order valence-corrected chi connectivity index (χ3v) is 2.12. The average Bonchev–Trinajstić information content (AvgIpc) is 2.34. The van der Waals surface area contributed by atoms with Crippen LogP contribution in [0.15, 0.2) is 0 Å². The number of rotatable bonds is 3. The smallest absolute Gasteiger partial charge is 0.220 e. The molecular formula is C9H19ClN2O2. The van der Waals surface area contributed by atoms with Gasteiger partial charge >= 0.3 is 0 Å². The van der Waals surface area contributed by atoms with Gasteiger partial charge in [-0.2, -0.15) is 0 Å². The molecule has 0 aliphatic carbocycles. The molecule has 0 spiro atoms. The van der Waals surface area contributed by atoms with E-state index in [1.807, 2.05) is 13.8 Å². The van der Waals surface area contributed by atoms with Gasteiger partial charge in [0, 0.05) is 19.5 Å². The molecule has 0 bridgehead atoms. The Kier molecular flexibility index (Phi) is 6.08. The molecule has 1 aliphatic heterocycles. The van der Waals surface area contributed by atoms with Crippen LogP contribution in [0.5, 0.6) is 0 Å². The monoisotopic (exact) mass is 222 g/mol. The average molecular weight is 223 g/mol. The van der Waals surface area contributed by atoms with Crippen LogP contribution in [0, 0.1) is 5.92 Å². The number of carbonyl (C=O) groups is 1. The second-order valence-corrected chi connectivity index (χ2v) is 4.00. The fourth-order valence-electron chi connectivity index (χ4n) is 1.45. The minimum atomic E-state index is -0.434. The Bertz CT molecular complexity index is 188. The summed E-state index contributed by atoms with van der Waals surface area (Å²) >= 11 is 0. The summed E-state index contributed by atoms with van der Waals surface area (Å²) in [6.45, 7) is 5.25. The topological polar surface area (TPSA) is 61.4 Å². The Hall–Kier alpha value is -0.320. The van der Waals surface area contributed by atoms with Crippen LogP contribution in [0.4, 0.5) is 0 Å². The zero-order valence-corrected chi connectivity index (χ0v) is 9.43. The highest BCUT2D eigenvalue weighted by Gasteiger charge is 2.26. The van der Waals surface area contributed by atoms with Crippen molar-refractivity contribution < 1.29 is 9.90 Å². The first-order chi connectivity index (χ1) is 6.09. The number of halogens is 1. The lowest BCUT2D eigenvalue weighted by molar-refractivity contribution is -0.123. The zero-order valence-electron chi connectivity index (χ0n) is 8.62. The highest BCUT2D eigenvalue weighted by molar-refractivity contribution is 5.85. The Morgan fingerprint density at radius 2 is 2.21 bits per heavy atom. The van der Waals surface area contributed by atoms with E-state index in [4.69, 9.17) is 0 Å². The second kappa shape index (κ2) is 6.22. The third kappa shape index (κ3) is 4.26. The fourth-order valence-corrected chi connectivity index (χ4v) is 1.45. The van der Waals surface area contributed by atoms with Crippen LogP contribution in [0.25, 0.3) is 0 Å². The maximum absolute atomic E-state index is 11.3. The molecule has 0 radical (unpaired) electrons. The van der Waals surface area contributed by atoms with Crippen molar-refractivity contribution in [2.75, 3.05) is 13.1 Å². The van der Waals surface area contributed by atoms with Gasteiger partial charge in [-0.1, -0.05) is 13.8 Å². The van der Waals surface area contributed by atoms with Crippen LogP contribution in [0.3, 0.4) is 0 Å². The minimum absolute atomic E-state index is 0. The molecule has 3 N–H and O–H groups in total. The van der Waals surface area contributed by atoms with Crippen molar-refractivity contribution in [1.82, 2.24) is 10.6 Å². The van der Waals surface area contributed by atoms with Crippen molar-refractivity contribution in [2.45, 2.75) is 32.4 Å². The van der Waals surface area contributed by atoms with E-state index in [2.05, 4.69) is 10.6 Å². The first kappa shape index (κ1) is 13.7. The van der Waals surface area contributed by atoms with Crippen LogP contribution >= 0.6 is 12.4 Å². The van der Waals surface area contributed by atoms with Gasteiger partial charge in [0.2, 0.25) is 5.91 Å². The first-order valence-corrected chi connectivity index (χ1v) is 4.77. The highest BCUT2D eigenvalue weighted by Crippen LogP contribution is 2.02. The molecule has 1 fully saturated rings. The summed E-state index contributed by atoms with van der Waals surface area (Å²) in [7, 11) is 0. The van der Waals surface area contributed by atoms with Gasteiger partial charge in [-0.25, -0.2) is 0 Å². The Morgan fingerprint density at radius 1 is 1.57 bits per heavy atom. The number of β-amino-alcohol motifs (C(OH)–C–C–N with tert-alkyl or cyclic N) is 1. The molecule has 1 saturated heterocycles. The van der Waals surface area contributed by atoms with Crippen molar-refractivity contribution in [3.05, 3.63) is 0 Å². The van der Waals surface area contributed by atoms with Crippen molar-refractivity contribution in [1.29, 1.82) is 0 Å². The summed E-state index contributed by atoms with van der Waals surface area (Å²) in [4.78, 5) is 11.3.